The van der Waals surface area contributed by atoms with Crippen molar-refractivity contribution < 1.29 is 23.3 Å². The largest absolute Gasteiger partial charge is 0.381 e. The van der Waals surface area contributed by atoms with Gasteiger partial charge in [-0.1, -0.05) is 30.3 Å². The van der Waals surface area contributed by atoms with Crippen LogP contribution in [0, 0.1) is 5.92 Å². The summed E-state index contributed by atoms with van der Waals surface area (Å²) in [6.45, 7) is 7.75. The smallest absolute Gasteiger partial charge is 0.196 e. The predicted octanol–water partition coefficient (Wildman–Crippen LogP) is 3.03. The molecule has 5 nitrogen and oxygen atoms in total. The summed E-state index contributed by atoms with van der Waals surface area (Å²) in [6, 6.07) is 10.2. The Kier molecular flexibility index (Phi) is 6.23. The highest BCUT2D eigenvalue weighted by Gasteiger charge is 2.59. The third-order valence-corrected chi connectivity index (χ3v) is 6.08. The van der Waals surface area contributed by atoms with Crippen LogP contribution >= 0.6 is 0 Å². The molecule has 0 bridgehead atoms. The van der Waals surface area contributed by atoms with Gasteiger partial charge in [0.2, 0.25) is 0 Å². The highest BCUT2D eigenvalue weighted by atomic mass is 19.1. The zero-order valence-electron chi connectivity index (χ0n) is 17.0. The first kappa shape index (κ1) is 20.7. The van der Waals surface area contributed by atoms with Crippen molar-refractivity contribution in [3.63, 3.8) is 0 Å². The van der Waals surface area contributed by atoms with Crippen LogP contribution in [0.25, 0.3) is 0 Å². The summed E-state index contributed by atoms with van der Waals surface area (Å²) in [5, 5.41) is 0. The third kappa shape index (κ3) is 4.05. The molecule has 0 aromatic heterocycles. The molecule has 0 radical (unpaired) electrons. The number of ether oxygens (including phenoxy) is 4. The second-order valence-corrected chi connectivity index (χ2v) is 8.07. The van der Waals surface area contributed by atoms with E-state index < -0.39 is 17.6 Å². The van der Waals surface area contributed by atoms with Crippen molar-refractivity contribution in [3.05, 3.63) is 35.9 Å². The van der Waals surface area contributed by atoms with Crippen LogP contribution in [0.2, 0.25) is 0 Å². The Bertz CT molecular complexity index is 615. The van der Waals surface area contributed by atoms with E-state index in [1.807, 2.05) is 32.0 Å². The fourth-order valence-corrected chi connectivity index (χ4v) is 4.28. The van der Waals surface area contributed by atoms with Gasteiger partial charge < -0.3 is 18.9 Å². The Morgan fingerprint density at radius 3 is 2.48 bits per heavy atom. The molecule has 3 rings (SSSR count). The molecule has 6 atom stereocenters. The fraction of sp³-hybridized carbons (Fsp3) is 0.714. The average Bonchev–Trinajstić information content (AvgIpc) is 2.63. The van der Waals surface area contributed by atoms with Gasteiger partial charge in [-0.2, -0.15) is 0 Å². The van der Waals surface area contributed by atoms with Gasteiger partial charge in [0.1, 0.15) is 17.9 Å². The molecule has 1 aromatic carbocycles. The van der Waals surface area contributed by atoms with Crippen molar-refractivity contribution in [2.75, 3.05) is 33.9 Å². The second kappa shape index (κ2) is 8.13. The number of hydrogen-bond acceptors (Lipinski definition) is 5. The molecule has 0 spiro atoms. The summed E-state index contributed by atoms with van der Waals surface area (Å²) in [5.41, 5.74) is 0.392. The molecule has 2 fully saturated rings. The van der Waals surface area contributed by atoms with Crippen molar-refractivity contribution in [2.24, 2.45) is 5.92 Å². The molecule has 0 aliphatic carbocycles. The quantitative estimate of drug-likeness (QED) is 0.758. The van der Waals surface area contributed by atoms with Gasteiger partial charge in [0.15, 0.2) is 5.79 Å². The van der Waals surface area contributed by atoms with Crippen molar-refractivity contribution >= 4 is 0 Å². The van der Waals surface area contributed by atoms with Crippen molar-refractivity contribution in [2.45, 2.75) is 57.1 Å². The monoisotopic (exact) mass is 381 g/mol. The van der Waals surface area contributed by atoms with Crippen LogP contribution < -0.4 is 0 Å². The van der Waals surface area contributed by atoms with Crippen LogP contribution in [0.1, 0.15) is 26.3 Å². The van der Waals surface area contributed by atoms with Gasteiger partial charge >= 0.3 is 0 Å². The first-order chi connectivity index (χ1) is 12.8. The van der Waals surface area contributed by atoms with Crippen LogP contribution in [0.5, 0.6) is 0 Å². The number of alkyl halides is 1. The molecule has 152 valence electrons. The summed E-state index contributed by atoms with van der Waals surface area (Å²) < 4.78 is 38.5. The van der Waals surface area contributed by atoms with Gasteiger partial charge in [0.05, 0.1) is 12.7 Å². The third-order valence-electron chi connectivity index (χ3n) is 6.08. The number of rotatable bonds is 6. The Morgan fingerprint density at radius 2 is 1.89 bits per heavy atom. The van der Waals surface area contributed by atoms with Crippen molar-refractivity contribution in [3.8, 4) is 0 Å². The summed E-state index contributed by atoms with van der Waals surface area (Å²) in [6.07, 6.45) is -1.60. The molecule has 0 saturated carbocycles. The van der Waals surface area contributed by atoms with E-state index in [4.69, 9.17) is 18.9 Å². The van der Waals surface area contributed by atoms with Crippen LogP contribution in [-0.4, -0.2) is 68.6 Å². The summed E-state index contributed by atoms with van der Waals surface area (Å²) in [5.74, 6) is -1.24. The van der Waals surface area contributed by atoms with Crippen LogP contribution in [0.15, 0.2) is 30.3 Å². The van der Waals surface area contributed by atoms with E-state index >= 15 is 0 Å². The topological polar surface area (TPSA) is 40.2 Å². The second-order valence-electron chi connectivity index (χ2n) is 8.07. The van der Waals surface area contributed by atoms with E-state index in [1.165, 1.54) is 5.56 Å². The fourth-order valence-electron chi connectivity index (χ4n) is 4.28. The number of likely N-dealkylation sites (tertiary alicyclic amines) is 1. The lowest BCUT2D eigenvalue weighted by atomic mass is 9.84. The lowest BCUT2D eigenvalue weighted by Gasteiger charge is -2.57. The van der Waals surface area contributed by atoms with E-state index in [0.29, 0.717) is 19.7 Å². The maximum absolute atomic E-state index is 14.6. The summed E-state index contributed by atoms with van der Waals surface area (Å²) >= 11 is 0. The normalized spacial score (nSPS) is 38.4. The number of piperidine rings is 1. The molecule has 2 saturated heterocycles. The minimum atomic E-state index is -1.00. The van der Waals surface area contributed by atoms with E-state index in [9.17, 15) is 4.39 Å². The maximum Gasteiger partial charge on any atom is 0.196 e. The van der Waals surface area contributed by atoms with Gasteiger partial charge in [-0.25, -0.2) is 4.39 Å². The van der Waals surface area contributed by atoms with Gasteiger partial charge in [0, 0.05) is 39.8 Å². The number of methoxy groups -OCH3 is 2. The molecule has 2 aliphatic rings. The van der Waals surface area contributed by atoms with E-state index in [-0.39, 0.29) is 18.1 Å². The van der Waals surface area contributed by atoms with Gasteiger partial charge in [-0.05, 0) is 26.3 Å². The number of fused-ring (bicyclic) bond motifs is 1. The Morgan fingerprint density at radius 1 is 1.19 bits per heavy atom. The molecule has 6 unspecified atom stereocenters. The van der Waals surface area contributed by atoms with Gasteiger partial charge in [0.25, 0.3) is 0 Å². The highest BCUT2D eigenvalue weighted by Crippen LogP contribution is 2.43. The molecule has 2 heterocycles. The van der Waals surface area contributed by atoms with Crippen LogP contribution in [-0.2, 0) is 25.5 Å². The minimum absolute atomic E-state index is 0.263. The zero-order chi connectivity index (χ0) is 19.7. The number of nitrogens with zero attached hydrogens (tertiary/aromatic N) is 1. The maximum atomic E-state index is 14.6. The predicted molar refractivity (Wildman–Crippen MR) is 101 cm³/mol. The Balaban J connectivity index is 1.83. The molecule has 2 aliphatic heterocycles. The highest BCUT2D eigenvalue weighted by molar-refractivity contribution is 5.15. The van der Waals surface area contributed by atoms with Gasteiger partial charge in [-0.15, -0.1) is 0 Å². The van der Waals surface area contributed by atoms with E-state index in [2.05, 4.69) is 17.0 Å². The minimum Gasteiger partial charge on any atom is -0.381 e. The molecule has 1 aromatic rings. The Hall–Kier alpha value is -1.05. The number of hydrogen-bond donors (Lipinski definition) is 0. The van der Waals surface area contributed by atoms with Crippen LogP contribution in [0.4, 0.5) is 4.39 Å². The molecule has 6 heteroatoms. The first-order valence-electron chi connectivity index (χ1n) is 9.62. The standard InChI is InChI=1S/C21H32FNO4/c1-15(22)17-12-23(11-16-9-7-6-8-10-16)13-18-19(17)27-20(2,14-24-4)21(3,25-5)26-18/h6-10,15,17-19H,11-14H2,1-5H3. The number of benzene rings is 1. The molecule has 0 N–H and O–H groups in total. The van der Waals surface area contributed by atoms with Crippen LogP contribution in [0.3, 0.4) is 0 Å². The summed E-state index contributed by atoms with van der Waals surface area (Å²) in [4.78, 5) is 2.25. The molecular weight excluding hydrogens is 349 g/mol. The molecular formula is C21H32FNO4. The first-order valence-corrected chi connectivity index (χ1v) is 9.62. The number of halogens is 1. The summed E-state index contributed by atoms with van der Waals surface area (Å²) in [7, 11) is 3.23. The lowest BCUT2D eigenvalue weighted by Crippen LogP contribution is -2.71. The SMILES string of the molecule is COCC1(C)OC2C(CN(Cc3ccccc3)CC2C(C)F)OC1(C)OC. The lowest BCUT2D eigenvalue weighted by molar-refractivity contribution is -0.405. The van der Waals surface area contributed by atoms with Crippen molar-refractivity contribution in [1.82, 2.24) is 4.90 Å². The van der Waals surface area contributed by atoms with E-state index in [0.717, 1.165) is 6.54 Å². The molecule has 0 amide bonds. The molecule has 27 heavy (non-hydrogen) atoms. The van der Waals surface area contributed by atoms with Gasteiger partial charge in [-0.3, -0.25) is 4.90 Å². The zero-order valence-corrected chi connectivity index (χ0v) is 17.0. The van der Waals surface area contributed by atoms with E-state index in [1.54, 1.807) is 21.1 Å². The average molecular weight is 381 g/mol. The Labute approximate surface area is 161 Å². The van der Waals surface area contributed by atoms with Crippen molar-refractivity contribution in [1.29, 1.82) is 0 Å².